The van der Waals surface area contributed by atoms with Gasteiger partial charge < -0.3 is 20.3 Å². The normalized spacial score (nSPS) is 12.9. The molecule has 4 rings (SSSR count). The van der Waals surface area contributed by atoms with Gasteiger partial charge in [-0.15, -0.1) is 11.3 Å². The van der Waals surface area contributed by atoms with Crippen LogP contribution in [0.2, 0.25) is 0 Å². The van der Waals surface area contributed by atoms with E-state index in [0.717, 1.165) is 10.4 Å². The van der Waals surface area contributed by atoms with Crippen molar-refractivity contribution in [2.45, 2.75) is 24.8 Å². The molecule has 0 bridgehead atoms. The van der Waals surface area contributed by atoms with Gasteiger partial charge in [0.2, 0.25) is 0 Å². The Bertz CT molecular complexity index is 1450. The topological polar surface area (TPSA) is 125 Å². The van der Waals surface area contributed by atoms with Gasteiger partial charge in [-0.2, -0.15) is 0 Å². The molecule has 0 saturated heterocycles. The molecule has 3 aromatic rings. The van der Waals surface area contributed by atoms with E-state index >= 15 is 0 Å². The summed E-state index contributed by atoms with van der Waals surface area (Å²) in [5.74, 6) is -0.830. The molecule has 0 fully saturated rings. The highest BCUT2D eigenvalue weighted by atomic mass is 32.2. The number of carbonyl (C=O) groups excluding carboxylic acids is 3. The lowest BCUT2D eigenvalue weighted by molar-refractivity contribution is 0.0961. The predicted octanol–water partition coefficient (Wildman–Crippen LogP) is 3.70. The molecule has 1 aliphatic rings. The first-order valence-electron chi connectivity index (χ1n) is 11.9. The van der Waals surface area contributed by atoms with E-state index in [1.54, 1.807) is 42.2 Å². The molecule has 1 aromatic heterocycles. The van der Waals surface area contributed by atoms with Crippen LogP contribution in [0.25, 0.3) is 0 Å². The highest BCUT2D eigenvalue weighted by Crippen LogP contribution is 2.37. The Morgan fingerprint density at radius 2 is 1.74 bits per heavy atom. The zero-order valence-corrected chi connectivity index (χ0v) is 22.8. The van der Waals surface area contributed by atoms with Gasteiger partial charge in [-0.3, -0.25) is 13.9 Å². The molecule has 0 atom stereocenters. The Balaban J connectivity index is 1.55. The van der Waals surface area contributed by atoms with E-state index in [2.05, 4.69) is 10.6 Å². The summed E-state index contributed by atoms with van der Waals surface area (Å²) in [6, 6.07) is 14.3. The number of sulfonamides is 1. The molecule has 0 unspecified atom stereocenters. The second-order valence-corrected chi connectivity index (χ2v) is 11.5. The van der Waals surface area contributed by atoms with Crippen LogP contribution >= 0.6 is 11.3 Å². The number of nitrogens with one attached hydrogen (secondary N) is 2. The fraction of sp³-hybridized carbons (Fsp3) is 0.269. The van der Waals surface area contributed by atoms with Crippen molar-refractivity contribution < 1.29 is 27.5 Å². The first-order chi connectivity index (χ1) is 18.2. The Morgan fingerprint density at radius 1 is 1.05 bits per heavy atom. The van der Waals surface area contributed by atoms with E-state index < -0.39 is 22.0 Å². The highest BCUT2D eigenvalue weighted by Gasteiger charge is 2.31. The third-order valence-electron chi connectivity index (χ3n) is 6.16. The van der Waals surface area contributed by atoms with Crippen molar-refractivity contribution in [3.8, 4) is 0 Å². The SMILES string of the molecule is CCOC(=O)N1CCc2c(sc(NC(=O)c3ccc(S(=O)(=O)N(C)c4ccccc4)cc3)c2C(=O)NC)C1. The maximum absolute atomic E-state index is 13.1. The number of ether oxygens (including phenoxy) is 1. The van der Waals surface area contributed by atoms with Gasteiger partial charge in [0.15, 0.2) is 0 Å². The average molecular weight is 557 g/mol. The van der Waals surface area contributed by atoms with Gasteiger partial charge in [-0.1, -0.05) is 18.2 Å². The lowest BCUT2D eigenvalue weighted by Gasteiger charge is -2.26. The summed E-state index contributed by atoms with van der Waals surface area (Å²) >= 11 is 1.23. The standard InChI is InChI=1S/C26H28N4O6S2/c1-4-36-26(33)30-15-14-20-21(16-30)37-25(22(20)24(32)27-2)28-23(31)17-10-12-19(13-11-17)38(34,35)29(3)18-8-6-5-7-9-18/h5-13H,4,14-16H2,1-3H3,(H,27,32)(H,28,31). The average Bonchev–Trinajstić information content (AvgIpc) is 3.29. The van der Waals surface area contributed by atoms with Crippen molar-refractivity contribution in [1.82, 2.24) is 10.2 Å². The van der Waals surface area contributed by atoms with Crippen LogP contribution in [0, 0.1) is 0 Å². The minimum Gasteiger partial charge on any atom is -0.450 e. The van der Waals surface area contributed by atoms with Gasteiger partial charge in [0.1, 0.15) is 5.00 Å². The number of hydrogen-bond donors (Lipinski definition) is 2. The molecule has 0 radical (unpaired) electrons. The summed E-state index contributed by atoms with van der Waals surface area (Å²) in [5.41, 5.74) is 1.90. The molecule has 0 saturated carbocycles. The zero-order valence-electron chi connectivity index (χ0n) is 21.2. The number of rotatable bonds is 7. The van der Waals surface area contributed by atoms with Crippen LogP contribution in [0.4, 0.5) is 15.5 Å². The van der Waals surface area contributed by atoms with Gasteiger partial charge in [0.25, 0.3) is 21.8 Å². The molecule has 2 N–H and O–H groups in total. The second-order valence-electron chi connectivity index (χ2n) is 8.44. The van der Waals surface area contributed by atoms with Crippen LogP contribution in [0.15, 0.2) is 59.5 Å². The Labute approximate surface area is 225 Å². The van der Waals surface area contributed by atoms with Gasteiger partial charge >= 0.3 is 6.09 Å². The fourth-order valence-electron chi connectivity index (χ4n) is 4.12. The number of para-hydroxylation sites is 1. The summed E-state index contributed by atoms with van der Waals surface area (Å²) in [7, 11) is -0.848. The zero-order chi connectivity index (χ0) is 27.4. The van der Waals surface area contributed by atoms with E-state index in [9.17, 15) is 22.8 Å². The molecule has 10 nitrogen and oxygen atoms in total. The number of anilines is 2. The van der Waals surface area contributed by atoms with Crippen LogP contribution in [0.3, 0.4) is 0 Å². The Kier molecular flexibility index (Phi) is 8.02. The molecule has 1 aliphatic heterocycles. The molecule has 2 heterocycles. The van der Waals surface area contributed by atoms with Crippen LogP contribution < -0.4 is 14.9 Å². The van der Waals surface area contributed by atoms with E-state index in [1.807, 2.05) is 0 Å². The van der Waals surface area contributed by atoms with Crippen LogP contribution in [0.5, 0.6) is 0 Å². The number of nitrogens with zero attached hydrogens (tertiary/aromatic N) is 2. The predicted molar refractivity (Wildman–Crippen MR) is 145 cm³/mol. The molecule has 38 heavy (non-hydrogen) atoms. The fourth-order valence-corrected chi connectivity index (χ4v) is 6.57. The first kappa shape index (κ1) is 27.1. The number of amides is 3. The van der Waals surface area contributed by atoms with Crippen molar-refractivity contribution in [2.24, 2.45) is 0 Å². The van der Waals surface area contributed by atoms with E-state index in [1.165, 1.54) is 54.0 Å². The van der Waals surface area contributed by atoms with Gasteiger partial charge in [-0.25, -0.2) is 13.2 Å². The number of fused-ring (bicyclic) bond motifs is 1. The van der Waals surface area contributed by atoms with Crippen LogP contribution in [-0.2, 0) is 27.7 Å². The molecule has 2 aromatic carbocycles. The summed E-state index contributed by atoms with van der Waals surface area (Å²) in [6.07, 6.45) is 0.0247. The van der Waals surface area contributed by atoms with Crippen LogP contribution in [0.1, 0.15) is 38.1 Å². The van der Waals surface area contributed by atoms with Crippen molar-refractivity contribution in [3.63, 3.8) is 0 Å². The molecule has 0 aliphatic carbocycles. The monoisotopic (exact) mass is 556 g/mol. The smallest absolute Gasteiger partial charge is 0.410 e. The first-order valence-corrected chi connectivity index (χ1v) is 14.2. The third kappa shape index (κ3) is 5.36. The van der Waals surface area contributed by atoms with Crippen molar-refractivity contribution in [2.75, 3.05) is 36.9 Å². The molecule has 200 valence electrons. The van der Waals surface area contributed by atoms with Crippen molar-refractivity contribution in [1.29, 1.82) is 0 Å². The summed E-state index contributed by atoms with van der Waals surface area (Å²) in [5, 5.41) is 5.78. The van der Waals surface area contributed by atoms with Gasteiger partial charge in [-0.05, 0) is 55.3 Å². The van der Waals surface area contributed by atoms with E-state index in [4.69, 9.17) is 4.74 Å². The maximum atomic E-state index is 13.1. The maximum Gasteiger partial charge on any atom is 0.410 e. The number of benzene rings is 2. The molecular weight excluding hydrogens is 528 g/mol. The summed E-state index contributed by atoms with van der Waals surface area (Å²) in [4.78, 5) is 40.4. The molecule has 12 heteroatoms. The quantitative estimate of drug-likeness (QED) is 0.457. The summed E-state index contributed by atoms with van der Waals surface area (Å²) < 4.78 is 32.3. The second kappa shape index (κ2) is 11.2. The molecule has 0 spiro atoms. The lowest BCUT2D eigenvalue weighted by Crippen LogP contribution is -2.36. The van der Waals surface area contributed by atoms with Crippen molar-refractivity contribution >= 4 is 50.0 Å². The molecular formula is C26H28N4O6S2. The van der Waals surface area contributed by atoms with Crippen LogP contribution in [-0.4, -0.2) is 58.5 Å². The summed E-state index contributed by atoms with van der Waals surface area (Å²) in [6.45, 7) is 2.67. The minimum absolute atomic E-state index is 0.0390. The number of carbonyl (C=O) groups is 3. The van der Waals surface area contributed by atoms with E-state index in [-0.39, 0.29) is 29.5 Å². The largest absolute Gasteiger partial charge is 0.450 e. The third-order valence-corrected chi connectivity index (χ3v) is 9.09. The highest BCUT2D eigenvalue weighted by molar-refractivity contribution is 7.92. The molecule has 3 amide bonds. The Hall–Kier alpha value is -3.90. The van der Waals surface area contributed by atoms with Crippen molar-refractivity contribution in [3.05, 3.63) is 76.2 Å². The Morgan fingerprint density at radius 3 is 2.37 bits per heavy atom. The van der Waals surface area contributed by atoms with Gasteiger partial charge in [0.05, 0.1) is 29.3 Å². The lowest BCUT2D eigenvalue weighted by atomic mass is 10.0. The number of hydrogen-bond acceptors (Lipinski definition) is 7. The number of thiophene rings is 1. The van der Waals surface area contributed by atoms with E-state index in [0.29, 0.717) is 29.2 Å². The minimum atomic E-state index is -3.83. The van der Waals surface area contributed by atoms with Gasteiger partial charge in [0, 0.05) is 31.1 Å².